The Morgan fingerprint density at radius 3 is 2.64 bits per heavy atom. The van der Waals surface area contributed by atoms with Crippen LogP contribution in [-0.2, 0) is 0 Å². The molecule has 2 aromatic carbocycles. The quantitative estimate of drug-likeness (QED) is 0.916. The maximum atomic E-state index is 12.7. The van der Waals surface area contributed by atoms with Gasteiger partial charge in [0, 0.05) is 6.07 Å². The lowest BCUT2D eigenvalue weighted by atomic mass is 9.95. The van der Waals surface area contributed by atoms with Gasteiger partial charge in [-0.05, 0) is 17.7 Å². The summed E-state index contributed by atoms with van der Waals surface area (Å²) in [5.41, 5.74) is 1.02. The average Bonchev–Trinajstić information content (AvgIpc) is 3.09. The lowest BCUT2D eigenvalue weighted by Gasteiger charge is -2.27. The first-order valence-electron chi connectivity index (χ1n) is 7.69. The zero-order valence-corrected chi connectivity index (χ0v) is 13.7. The summed E-state index contributed by atoms with van der Waals surface area (Å²) < 4.78 is 27.0. The Labute approximate surface area is 143 Å². The number of ketones is 1. The number of Topliss-reactive ketones (excluding diaryl/α,β-unsaturated/α-hetero) is 1. The highest BCUT2D eigenvalue weighted by Gasteiger charge is 2.34. The van der Waals surface area contributed by atoms with E-state index in [4.69, 9.17) is 23.7 Å². The monoisotopic (exact) mass is 344 g/mol. The molecule has 1 atom stereocenters. The maximum absolute atomic E-state index is 12.7. The number of carbonyl (C=O) groups is 1. The van der Waals surface area contributed by atoms with Crippen LogP contribution in [0.2, 0.25) is 0 Å². The Morgan fingerprint density at radius 2 is 1.88 bits per heavy atom. The number of phenols is 1. The van der Waals surface area contributed by atoms with E-state index in [9.17, 15) is 9.90 Å². The predicted molar refractivity (Wildman–Crippen MR) is 86.1 cm³/mol. The van der Waals surface area contributed by atoms with Crippen molar-refractivity contribution < 1.29 is 33.6 Å². The molecule has 0 bridgehead atoms. The summed E-state index contributed by atoms with van der Waals surface area (Å²) in [6.07, 6.45) is -0.358. The summed E-state index contributed by atoms with van der Waals surface area (Å²) in [5, 5.41) is 10.2. The molecule has 2 aliphatic heterocycles. The van der Waals surface area contributed by atoms with Gasteiger partial charge in [0.25, 0.3) is 0 Å². The molecule has 25 heavy (non-hydrogen) atoms. The van der Waals surface area contributed by atoms with Gasteiger partial charge in [-0.3, -0.25) is 4.79 Å². The Bertz CT molecular complexity index is 859. The molecular weight excluding hydrogens is 328 g/mol. The molecule has 1 unspecified atom stereocenters. The van der Waals surface area contributed by atoms with E-state index in [-0.39, 0.29) is 41.8 Å². The molecule has 2 heterocycles. The number of aromatic hydroxyl groups is 1. The van der Waals surface area contributed by atoms with Gasteiger partial charge in [0.1, 0.15) is 17.4 Å². The molecule has 7 heteroatoms. The third kappa shape index (κ3) is 2.39. The summed E-state index contributed by atoms with van der Waals surface area (Å²) in [4.78, 5) is 12.7. The van der Waals surface area contributed by atoms with Crippen LogP contribution in [0.4, 0.5) is 0 Å². The van der Waals surface area contributed by atoms with Crippen molar-refractivity contribution >= 4 is 5.78 Å². The van der Waals surface area contributed by atoms with Crippen LogP contribution in [0, 0.1) is 0 Å². The number of methoxy groups -OCH3 is 2. The molecule has 0 aliphatic carbocycles. The first kappa shape index (κ1) is 15.4. The first-order valence-corrected chi connectivity index (χ1v) is 7.69. The van der Waals surface area contributed by atoms with E-state index >= 15 is 0 Å². The van der Waals surface area contributed by atoms with Crippen molar-refractivity contribution in [1.82, 2.24) is 0 Å². The second-order valence-electron chi connectivity index (χ2n) is 5.68. The number of hydrogen-bond donors (Lipinski definition) is 1. The van der Waals surface area contributed by atoms with Gasteiger partial charge < -0.3 is 28.8 Å². The van der Waals surface area contributed by atoms with Gasteiger partial charge in [0.05, 0.1) is 20.6 Å². The molecule has 0 saturated heterocycles. The number of ether oxygens (including phenoxy) is 5. The standard InChI is InChI=1S/C18H16O7/c1-21-15-7-14-16(18(22-2)17(15)20)10(19)6-12(25-14)9-3-4-11-13(5-9)24-8-23-11/h3-5,7,12,20H,6,8H2,1-2H3. The van der Waals surface area contributed by atoms with E-state index < -0.39 is 6.10 Å². The van der Waals surface area contributed by atoms with Crippen LogP contribution in [0.25, 0.3) is 0 Å². The van der Waals surface area contributed by atoms with E-state index in [1.165, 1.54) is 20.3 Å². The highest BCUT2D eigenvalue weighted by molar-refractivity contribution is 6.03. The summed E-state index contributed by atoms with van der Waals surface area (Å²) in [6, 6.07) is 6.93. The molecule has 2 aromatic rings. The Morgan fingerprint density at radius 1 is 1.08 bits per heavy atom. The van der Waals surface area contributed by atoms with Gasteiger partial charge in [0.15, 0.2) is 28.8 Å². The number of hydrogen-bond acceptors (Lipinski definition) is 7. The van der Waals surface area contributed by atoms with E-state index in [2.05, 4.69) is 0 Å². The van der Waals surface area contributed by atoms with Crippen molar-refractivity contribution in [1.29, 1.82) is 0 Å². The van der Waals surface area contributed by atoms with Crippen molar-refractivity contribution in [3.63, 3.8) is 0 Å². The van der Waals surface area contributed by atoms with Crippen molar-refractivity contribution in [2.45, 2.75) is 12.5 Å². The van der Waals surface area contributed by atoms with Crippen molar-refractivity contribution in [2.24, 2.45) is 0 Å². The molecule has 4 rings (SSSR count). The van der Waals surface area contributed by atoms with Crippen LogP contribution in [0.3, 0.4) is 0 Å². The van der Waals surface area contributed by atoms with Gasteiger partial charge >= 0.3 is 0 Å². The fourth-order valence-corrected chi connectivity index (χ4v) is 3.08. The van der Waals surface area contributed by atoms with E-state index in [1.54, 1.807) is 12.1 Å². The van der Waals surface area contributed by atoms with Crippen molar-refractivity contribution in [3.8, 4) is 34.5 Å². The number of fused-ring (bicyclic) bond motifs is 2. The van der Waals surface area contributed by atoms with E-state index in [1.807, 2.05) is 6.07 Å². The van der Waals surface area contributed by atoms with Gasteiger partial charge in [-0.1, -0.05) is 6.07 Å². The molecule has 0 radical (unpaired) electrons. The third-order valence-corrected chi connectivity index (χ3v) is 4.30. The van der Waals surface area contributed by atoms with E-state index in [0.717, 1.165) is 5.56 Å². The molecule has 2 aliphatic rings. The minimum absolute atomic E-state index is 0.0588. The lowest BCUT2D eigenvalue weighted by Crippen LogP contribution is -2.21. The van der Waals surface area contributed by atoms with Gasteiger partial charge in [-0.25, -0.2) is 0 Å². The molecule has 130 valence electrons. The van der Waals surface area contributed by atoms with E-state index in [0.29, 0.717) is 17.2 Å². The number of phenolic OH excluding ortho intramolecular Hbond substituents is 1. The summed E-state index contributed by atoms with van der Waals surface area (Å²) >= 11 is 0. The first-order chi connectivity index (χ1) is 12.1. The van der Waals surface area contributed by atoms with Crippen LogP contribution < -0.4 is 23.7 Å². The molecule has 0 aromatic heterocycles. The molecular formula is C18H16O7. The van der Waals surface area contributed by atoms with Crippen molar-refractivity contribution in [2.75, 3.05) is 21.0 Å². The second kappa shape index (κ2) is 5.77. The minimum atomic E-state index is -0.478. The Hall–Kier alpha value is -3.09. The van der Waals surface area contributed by atoms with Crippen LogP contribution in [0.1, 0.15) is 28.4 Å². The van der Waals surface area contributed by atoms with Crippen LogP contribution >= 0.6 is 0 Å². The second-order valence-corrected chi connectivity index (χ2v) is 5.68. The highest BCUT2D eigenvalue weighted by Crippen LogP contribution is 2.49. The Balaban J connectivity index is 1.75. The fourth-order valence-electron chi connectivity index (χ4n) is 3.08. The smallest absolute Gasteiger partial charge is 0.231 e. The average molecular weight is 344 g/mol. The van der Waals surface area contributed by atoms with Gasteiger partial charge in [-0.2, -0.15) is 0 Å². The lowest BCUT2D eigenvalue weighted by molar-refractivity contribution is 0.0842. The Kier molecular flexibility index (Phi) is 3.56. The van der Waals surface area contributed by atoms with Crippen LogP contribution in [-0.4, -0.2) is 31.9 Å². The molecule has 0 spiro atoms. The zero-order chi connectivity index (χ0) is 17.6. The molecule has 0 fully saturated rings. The minimum Gasteiger partial charge on any atom is -0.502 e. The summed E-state index contributed by atoms with van der Waals surface area (Å²) in [5.74, 6) is 1.43. The van der Waals surface area contributed by atoms with Crippen LogP contribution in [0.5, 0.6) is 34.5 Å². The largest absolute Gasteiger partial charge is 0.502 e. The summed E-state index contributed by atoms with van der Waals surface area (Å²) in [7, 11) is 2.80. The molecule has 1 N–H and O–H groups in total. The molecule has 0 saturated carbocycles. The van der Waals surface area contributed by atoms with Crippen LogP contribution in [0.15, 0.2) is 24.3 Å². The topological polar surface area (TPSA) is 83.5 Å². The highest BCUT2D eigenvalue weighted by atomic mass is 16.7. The number of benzene rings is 2. The number of carbonyl (C=O) groups excluding carboxylic acids is 1. The third-order valence-electron chi connectivity index (χ3n) is 4.30. The maximum Gasteiger partial charge on any atom is 0.231 e. The SMILES string of the molecule is COc1cc2c(c(OC)c1O)C(=O)CC(c1ccc3c(c1)OCO3)O2. The summed E-state index contributed by atoms with van der Waals surface area (Å²) in [6.45, 7) is 0.180. The van der Waals surface area contributed by atoms with Crippen molar-refractivity contribution in [3.05, 3.63) is 35.4 Å². The van der Waals surface area contributed by atoms with Gasteiger partial charge in [-0.15, -0.1) is 0 Å². The van der Waals surface area contributed by atoms with Gasteiger partial charge in [0.2, 0.25) is 12.5 Å². The molecule has 7 nitrogen and oxygen atoms in total. The fraction of sp³-hybridized carbons (Fsp3) is 0.278. The number of rotatable bonds is 3. The zero-order valence-electron chi connectivity index (χ0n) is 13.7. The predicted octanol–water partition coefficient (Wildman–Crippen LogP) is 2.84. The normalized spacial score (nSPS) is 17.7. The molecule has 0 amide bonds.